The summed E-state index contributed by atoms with van der Waals surface area (Å²) >= 11 is 0. The van der Waals surface area contributed by atoms with Crippen molar-refractivity contribution in [3.05, 3.63) is 30.3 Å². The molecule has 1 aromatic rings. The first kappa shape index (κ1) is 14.8. The number of ether oxygens (including phenoxy) is 2. The van der Waals surface area contributed by atoms with Gasteiger partial charge in [0, 0.05) is 37.9 Å². The highest BCUT2D eigenvalue weighted by Crippen LogP contribution is 2.36. The lowest BCUT2D eigenvalue weighted by Gasteiger charge is -2.43. The average molecular weight is 290 g/mol. The van der Waals surface area contributed by atoms with Gasteiger partial charge in [0.25, 0.3) is 0 Å². The number of anilines is 1. The molecule has 4 heteroatoms. The van der Waals surface area contributed by atoms with E-state index in [1.54, 1.807) is 0 Å². The summed E-state index contributed by atoms with van der Waals surface area (Å²) in [5, 5.41) is 0. The molecule has 2 atom stereocenters. The fraction of sp³-hybridized carbons (Fsp3) is 0.647. The van der Waals surface area contributed by atoms with Crippen LogP contribution in [-0.4, -0.2) is 44.6 Å². The van der Waals surface area contributed by atoms with Crippen LogP contribution in [0.4, 0.5) is 5.69 Å². The van der Waals surface area contributed by atoms with Crippen molar-refractivity contribution in [3.8, 4) is 0 Å². The number of nitrogens with zero attached hydrogens (tertiary/aromatic N) is 1. The van der Waals surface area contributed by atoms with Gasteiger partial charge in [-0.1, -0.05) is 18.2 Å². The number of rotatable bonds is 5. The van der Waals surface area contributed by atoms with Gasteiger partial charge in [-0.2, -0.15) is 0 Å². The number of benzene rings is 1. The minimum Gasteiger partial charge on any atom is -0.378 e. The maximum Gasteiger partial charge on any atom is 0.0956 e. The predicted octanol–water partition coefficient (Wildman–Crippen LogP) is 2.18. The first-order chi connectivity index (χ1) is 10.3. The summed E-state index contributed by atoms with van der Waals surface area (Å²) in [6.45, 7) is 4.17. The van der Waals surface area contributed by atoms with Gasteiger partial charge in [0.2, 0.25) is 0 Å². The number of para-hydroxylation sites is 1. The van der Waals surface area contributed by atoms with E-state index >= 15 is 0 Å². The summed E-state index contributed by atoms with van der Waals surface area (Å²) in [5.74, 6) is 0. The molecule has 0 aromatic heterocycles. The standard InChI is InChI=1S/C17H26N2O2/c18-9-4-10-19(15-5-2-1-3-6-15)16-7-11-21-17(13-16)8-12-20-14-17/h1-3,5-6,16H,4,7-14,18H2. The van der Waals surface area contributed by atoms with Crippen LogP contribution in [0.5, 0.6) is 0 Å². The second-order valence-electron chi connectivity index (χ2n) is 6.15. The molecule has 2 fully saturated rings. The third-order valence-corrected chi connectivity index (χ3v) is 4.67. The van der Waals surface area contributed by atoms with Gasteiger partial charge >= 0.3 is 0 Å². The number of nitrogens with two attached hydrogens (primary N) is 1. The zero-order valence-electron chi connectivity index (χ0n) is 12.7. The maximum atomic E-state index is 6.07. The first-order valence-electron chi connectivity index (χ1n) is 8.06. The molecule has 2 unspecified atom stereocenters. The fourth-order valence-electron chi connectivity index (χ4n) is 3.53. The molecule has 1 spiro atoms. The molecule has 21 heavy (non-hydrogen) atoms. The van der Waals surface area contributed by atoms with Gasteiger partial charge in [0.1, 0.15) is 0 Å². The van der Waals surface area contributed by atoms with Crippen molar-refractivity contribution in [3.63, 3.8) is 0 Å². The van der Waals surface area contributed by atoms with Crippen LogP contribution in [0.3, 0.4) is 0 Å². The Kier molecular flexibility index (Phi) is 4.78. The van der Waals surface area contributed by atoms with E-state index in [1.807, 2.05) is 0 Å². The molecule has 2 aliphatic rings. The third kappa shape index (κ3) is 3.39. The van der Waals surface area contributed by atoms with Crippen molar-refractivity contribution in [2.75, 3.05) is 37.8 Å². The zero-order chi connectivity index (χ0) is 14.5. The Labute approximate surface area is 127 Å². The van der Waals surface area contributed by atoms with E-state index in [-0.39, 0.29) is 5.60 Å². The van der Waals surface area contributed by atoms with E-state index in [0.29, 0.717) is 6.04 Å². The van der Waals surface area contributed by atoms with Crippen molar-refractivity contribution in [2.24, 2.45) is 5.73 Å². The van der Waals surface area contributed by atoms with Crippen molar-refractivity contribution >= 4 is 5.69 Å². The van der Waals surface area contributed by atoms with Crippen LogP contribution in [0, 0.1) is 0 Å². The largest absolute Gasteiger partial charge is 0.378 e. The summed E-state index contributed by atoms with van der Waals surface area (Å²) in [6.07, 6.45) is 4.20. The van der Waals surface area contributed by atoms with E-state index in [1.165, 1.54) is 5.69 Å². The fourth-order valence-corrected chi connectivity index (χ4v) is 3.53. The van der Waals surface area contributed by atoms with Gasteiger partial charge in [-0.3, -0.25) is 0 Å². The zero-order valence-corrected chi connectivity index (χ0v) is 12.7. The molecular formula is C17H26N2O2. The second kappa shape index (κ2) is 6.77. The molecule has 2 heterocycles. The van der Waals surface area contributed by atoms with Gasteiger partial charge < -0.3 is 20.1 Å². The van der Waals surface area contributed by atoms with Crippen LogP contribution in [0.25, 0.3) is 0 Å². The third-order valence-electron chi connectivity index (χ3n) is 4.67. The highest BCUT2D eigenvalue weighted by Gasteiger charge is 2.42. The molecule has 116 valence electrons. The Morgan fingerprint density at radius 2 is 2.10 bits per heavy atom. The van der Waals surface area contributed by atoms with Crippen LogP contribution < -0.4 is 10.6 Å². The lowest BCUT2D eigenvalue weighted by atomic mass is 9.88. The molecule has 0 aliphatic carbocycles. The van der Waals surface area contributed by atoms with Crippen molar-refractivity contribution in [1.82, 2.24) is 0 Å². The normalized spacial score (nSPS) is 28.9. The molecule has 0 amide bonds. The average Bonchev–Trinajstić information content (AvgIpc) is 2.97. The van der Waals surface area contributed by atoms with E-state index in [2.05, 4.69) is 35.2 Å². The van der Waals surface area contributed by atoms with E-state index in [0.717, 1.165) is 58.6 Å². The minimum absolute atomic E-state index is 0.0430. The monoisotopic (exact) mass is 290 g/mol. The molecule has 0 bridgehead atoms. The van der Waals surface area contributed by atoms with Crippen LogP contribution in [-0.2, 0) is 9.47 Å². The van der Waals surface area contributed by atoms with Gasteiger partial charge in [0.05, 0.1) is 12.2 Å². The SMILES string of the molecule is NCCCN(c1ccccc1)C1CCOC2(CCOC2)C1. The molecule has 2 N–H and O–H groups in total. The molecular weight excluding hydrogens is 264 g/mol. The summed E-state index contributed by atoms with van der Waals surface area (Å²) < 4.78 is 11.7. The summed E-state index contributed by atoms with van der Waals surface area (Å²) in [7, 11) is 0. The van der Waals surface area contributed by atoms with Gasteiger partial charge in [-0.05, 0) is 37.9 Å². The van der Waals surface area contributed by atoms with Crippen LogP contribution in [0.15, 0.2) is 30.3 Å². The highest BCUT2D eigenvalue weighted by molar-refractivity contribution is 5.47. The van der Waals surface area contributed by atoms with Gasteiger partial charge in [-0.25, -0.2) is 0 Å². The van der Waals surface area contributed by atoms with Gasteiger partial charge in [-0.15, -0.1) is 0 Å². The van der Waals surface area contributed by atoms with Crippen LogP contribution in [0.2, 0.25) is 0 Å². The number of hydrogen-bond donors (Lipinski definition) is 1. The van der Waals surface area contributed by atoms with E-state index in [4.69, 9.17) is 15.2 Å². The molecule has 2 saturated heterocycles. The molecule has 4 nitrogen and oxygen atoms in total. The minimum atomic E-state index is -0.0430. The van der Waals surface area contributed by atoms with Crippen LogP contribution in [0.1, 0.15) is 25.7 Å². The summed E-state index contributed by atoms with van der Waals surface area (Å²) in [4.78, 5) is 2.52. The van der Waals surface area contributed by atoms with Gasteiger partial charge in [0.15, 0.2) is 0 Å². The Bertz CT molecular complexity index is 432. The van der Waals surface area contributed by atoms with Crippen LogP contribution >= 0.6 is 0 Å². The molecule has 0 radical (unpaired) electrons. The topological polar surface area (TPSA) is 47.7 Å². The summed E-state index contributed by atoms with van der Waals surface area (Å²) in [5.41, 5.74) is 6.98. The first-order valence-corrected chi connectivity index (χ1v) is 8.06. The van der Waals surface area contributed by atoms with Crippen molar-refractivity contribution in [1.29, 1.82) is 0 Å². The second-order valence-corrected chi connectivity index (χ2v) is 6.15. The quantitative estimate of drug-likeness (QED) is 0.903. The maximum absolute atomic E-state index is 6.07. The van der Waals surface area contributed by atoms with Crippen molar-refractivity contribution in [2.45, 2.75) is 37.3 Å². The Morgan fingerprint density at radius 3 is 2.81 bits per heavy atom. The number of hydrogen-bond acceptors (Lipinski definition) is 4. The van der Waals surface area contributed by atoms with E-state index < -0.39 is 0 Å². The smallest absolute Gasteiger partial charge is 0.0956 e. The molecule has 1 aromatic carbocycles. The lowest BCUT2D eigenvalue weighted by Crippen LogP contribution is -2.49. The summed E-state index contributed by atoms with van der Waals surface area (Å²) in [6, 6.07) is 11.2. The molecule has 2 aliphatic heterocycles. The van der Waals surface area contributed by atoms with Crippen molar-refractivity contribution < 1.29 is 9.47 Å². The van der Waals surface area contributed by atoms with E-state index in [9.17, 15) is 0 Å². The predicted molar refractivity (Wildman–Crippen MR) is 84.6 cm³/mol. The molecule has 3 rings (SSSR count). The highest BCUT2D eigenvalue weighted by atomic mass is 16.6. The Morgan fingerprint density at radius 1 is 1.24 bits per heavy atom. The Balaban J connectivity index is 1.75. The Hall–Kier alpha value is -1.10. The lowest BCUT2D eigenvalue weighted by molar-refractivity contribution is -0.0859. The molecule has 0 saturated carbocycles.